The first-order chi connectivity index (χ1) is 27.3. The van der Waals surface area contributed by atoms with Crippen LogP contribution in [0.3, 0.4) is 0 Å². The summed E-state index contributed by atoms with van der Waals surface area (Å²) in [5, 5.41) is 54.1. The van der Waals surface area contributed by atoms with Gasteiger partial charge in [0.25, 0.3) is 0 Å². The molecule has 0 amide bonds. The second-order valence-corrected chi connectivity index (χ2v) is 19.4. The predicted molar refractivity (Wildman–Crippen MR) is 212 cm³/mol. The Morgan fingerprint density at radius 1 is 1.02 bits per heavy atom. The van der Waals surface area contributed by atoms with E-state index in [1.807, 2.05) is 19.9 Å². The summed E-state index contributed by atoms with van der Waals surface area (Å²) in [6.45, 7) is 16.7. The zero-order chi connectivity index (χ0) is 41.8. The number of hydrogen-bond donors (Lipinski definition) is 5. The molecule has 0 radical (unpaired) electrons. The normalized spacial score (nSPS) is 46.1. The van der Waals surface area contributed by atoms with Crippen LogP contribution in [0.2, 0.25) is 0 Å². The highest BCUT2D eigenvalue weighted by Gasteiger charge is 2.55. The number of carboxylic acids is 1. The van der Waals surface area contributed by atoms with Gasteiger partial charge in [0.1, 0.15) is 24.4 Å². The van der Waals surface area contributed by atoms with E-state index in [-0.39, 0.29) is 36.6 Å². The van der Waals surface area contributed by atoms with Crippen LogP contribution in [0.4, 0.5) is 0 Å². The molecule has 0 aromatic heterocycles. The molecule has 0 aromatic carbocycles. The summed E-state index contributed by atoms with van der Waals surface area (Å²) < 4.78 is 45.5. The zero-order valence-corrected chi connectivity index (χ0v) is 35.4. The van der Waals surface area contributed by atoms with Crippen molar-refractivity contribution in [2.45, 2.75) is 209 Å². The van der Waals surface area contributed by atoms with Crippen LogP contribution in [0.1, 0.15) is 125 Å². The lowest BCUT2D eigenvalue weighted by atomic mass is 9.78. The zero-order valence-electron chi connectivity index (χ0n) is 35.4. The smallest absolute Gasteiger partial charge is 0.335 e. The lowest BCUT2D eigenvalue weighted by molar-refractivity contribution is -0.334. The minimum atomic E-state index is -1.96. The molecule has 0 bridgehead atoms. The number of fused-ring (bicyclic) bond motifs is 1. The van der Waals surface area contributed by atoms with Gasteiger partial charge in [-0.15, -0.1) is 0 Å². The Morgan fingerprint density at radius 2 is 1.78 bits per heavy atom. The molecule has 13 nitrogen and oxygen atoms in total. The Hall–Kier alpha value is -1.75. The molecule has 7 heterocycles. The second kappa shape index (κ2) is 17.2. The topological polar surface area (TPSA) is 183 Å². The number of carbonyl (C=O) groups is 1. The first-order valence-corrected chi connectivity index (χ1v) is 22.1. The maximum absolute atomic E-state index is 11.6. The molecule has 0 aromatic rings. The van der Waals surface area contributed by atoms with Gasteiger partial charge in [-0.25, -0.2) is 4.79 Å². The van der Waals surface area contributed by atoms with Crippen LogP contribution in [0.5, 0.6) is 0 Å². The van der Waals surface area contributed by atoms with Gasteiger partial charge in [-0.1, -0.05) is 52.0 Å². The summed E-state index contributed by atoms with van der Waals surface area (Å²) in [4.78, 5) is 11.6. The van der Waals surface area contributed by atoms with E-state index < -0.39 is 71.7 Å². The Labute approximate surface area is 344 Å². The highest BCUT2D eigenvalue weighted by molar-refractivity contribution is 5.76. The number of ether oxygens (including phenoxy) is 7. The van der Waals surface area contributed by atoms with Crippen LogP contribution < -0.4 is 0 Å². The van der Waals surface area contributed by atoms with E-state index in [0.717, 1.165) is 44.3 Å². The molecule has 0 aliphatic carbocycles. The molecule has 6 saturated heterocycles. The summed E-state index contributed by atoms with van der Waals surface area (Å²) in [5.41, 5.74) is -0.554. The summed E-state index contributed by atoms with van der Waals surface area (Å²) >= 11 is 0. The number of aliphatic hydroxyl groups is 4. The van der Waals surface area contributed by atoms with E-state index in [1.165, 1.54) is 6.92 Å². The fraction of sp³-hybridized carbons (Fsp3) is 0.844. The van der Waals surface area contributed by atoms with Crippen molar-refractivity contribution in [2.24, 2.45) is 23.7 Å². The third-order valence-electron chi connectivity index (χ3n) is 14.5. The number of aliphatic carboxylic acids is 1. The van der Waals surface area contributed by atoms with Crippen molar-refractivity contribution in [3.8, 4) is 0 Å². The highest BCUT2D eigenvalue weighted by Crippen LogP contribution is 2.48. The summed E-state index contributed by atoms with van der Waals surface area (Å²) in [5.74, 6) is -3.56. The monoisotopic (exact) mass is 818 g/mol. The third-order valence-corrected chi connectivity index (χ3v) is 14.5. The predicted octanol–water partition coefficient (Wildman–Crippen LogP) is 5.46. The van der Waals surface area contributed by atoms with Crippen LogP contribution in [-0.4, -0.2) is 122 Å². The van der Waals surface area contributed by atoms with Gasteiger partial charge in [0, 0.05) is 37.5 Å². The molecule has 7 aliphatic rings. The number of aliphatic hydroxyl groups excluding tert-OH is 3. The molecule has 0 unspecified atom stereocenters. The lowest BCUT2D eigenvalue weighted by Crippen LogP contribution is -2.60. The van der Waals surface area contributed by atoms with E-state index in [2.05, 4.69) is 33.4 Å². The van der Waals surface area contributed by atoms with Crippen LogP contribution in [0.25, 0.3) is 0 Å². The summed E-state index contributed by atoms with van der Waals surface area (Å²) in [6.07, 6.45) is 8.36. The van der Waals surface area contributed by atoms with Crippen molar-refractivity contribution in [3.05, 3.63) is 36.0 Å². The Bertz CT molecular complexity index is 1550. The summed E-state index contributed by atoms with van der Waals surface area (Å²) in [7, 11) is 0. The van der Waals surface area contributed by atoms with E-state index in [1.54, 1.807) is 6.08 Å². The van der Waals surface area contributed by atoms with Crippen molar-refractivity contribution in [3.63, 3.8) is 0 Å². The average Bonchev–Trinajstić information content (AvgIpc) is 3.57. The van der Waals surface area contributed by atoms with Gasteiger partial charge in [-0.2, -0.15) is 0 Å². The Morgan fingerprint density at radius 3 is 2.52 bits per heavy atom. The van der Waals surface area contributed by atoms with Crippen molar-refractivity contribution in [2.75, 3.05) is 6.61 Å². The van der Waals surface area contributed by atoms with Crippen LogP contribution >= 0.6 is 0 Å². The van der Waals surface area contributed by atoms with Gasteiger partial charge in [-0.3, -0.25) is 0 Å². The van der Waals surface area contributed by atoms with Gasteiger partial charge < -0.3 is 58.7 Å². The third kappa shape index (κ3) is 8.93. The number of carboxylic acid groups (broad SMARTS) is 1. The fourth-order valence-corrected chi connectivity index (χ4v) is 10.9. The second-order valence-electron chi connectivity index (χ2n) is 19.4. The molecular weight excluding hydrogens is 748 g/mol. The highest BCUT2D eigenvalue weighted by atomic mass is 16.7. The van der Waals surface area contributed by atoms with Crippen molar-refractivity contribution < 1.29 is 63.5 Å². The molecule has 13 heteroatoms. The number of rotatable bonds is 10. The molecule has 0 saturated carbocycles. The minimum absolute atomic E-state index is 0.0385. The first-order valence-electron chi connectivity index (χ1n) is 22.1. The molecule has 7 aliphatic heterocycles. The number of hydrogen-bond acceptors (Lipinski definition) is 12. The molecular formula is C45H70O13. The molecule has 328 valence electrons. The van der Waals surface area contributed by atoms with Crippen LogP contribution in [0, 0.1) is 23.7 Å². The lowest BCUT2D eigenvalue weighted by Gasteiger charge is -2.51. The fourth-order valence-electron chi connectivity index (χ4n) is 10.9. The van der Waals surface area contributed by atoms with Gasteiger partial charge in [0.2, 0.25) is 5.79 Å². The quantitative estimate of drug-likeness (QED) is 0.176. The molecule has 7 rings (SSSR count). The van der Waals surface area contributed by atoms with Crippen molar-refractivity contribution in [1.82, 2.24) is 0 Å². The van der Waals surface area contributed by atoms with Crippen LogP contribution in [-0.2, 0) is 38.0 Å². The minimum Gasteiger partial charge on any atom is -0.479 e. The van der Waals surface area contributed by atoms with Crippen LogP contribution in [0.15, 0.2) is 36.0 Å². The SMILES string of the molecule is C=C1[C@@H](O)[C@@H]2O[C@@]3(CC[C@H](C=C[C@@H](C)[C@H]4CC(C)=C[C@@]5(O[C@H](C[C@@](C)(O)C(=O)O)CC[C@H]5O)O4)O3)CC[C@H]2O[C@@H]1[C@@H](O)C[C@H](C)[C@H]1O[C@@]2(CC[C@H]1C)OCCC[C@H]2C. The van der Waals surface area contributed by atoms with Crippen molar-refractivity contribution in [1.29, 1.82) is 0 Å². The van der Waals surface area contributed by atoms with Crippen molar-refractivity contribution >= 4 is 5.97 Å². The van der Waals surface area contributed by atoms with Gasteiger partial charge in [-0.05, 0) is 95.1 Å². The average molecular weight is 819 g/mol. The molecule has 3 spiro atoms. The molecule has 18 atom stereocenters. The van der Waals surface area contributed by atoms with Gasteiger partial charge in [0.15, 0.2) is 17.2 Å². The van der Waals surface area contributed by atoms with Gasteiger partial charge in [0.05, 0.1) is 43.2 Å². The van der Waals surface area contributed by atoms with Gasteiger partial charge >= 0.3 is 5.97 Å². The van der Waals surface area contributed by atoms with E-state index in [9.17, 15) is 30.3 Å². The maximum Gasteiger partial charge on any atom is 0.335 e. The van der Waals surface area contributed by atoms with E-state index in [4.69, 9.17) is 33.2 Å². The van der Waals surface area contributed by atoms with E-state index >= 15 is 0 Å². The largest absolute Gasteiger partial charge is 0.479 e. The Balaban J connectivity index is 0.922. The maximum atomic E-state index is 11.6. The first kappa shape index (κ1) is 44.3. The standard InChI is InChI=1S/C45H70O13/c1-25-21-35(56-45(23-25)36(47)13-12-32(55-45)24-42(7,51)41(49)50)26(2)10-11-31-15-17-43(54-31)18-16-34-40(57-43)37(48)30(6)39(53-34)33(46)22-28(4)38-27(3)14-19-44(58-38)29(5)9-8-20-52-44/h10-11,23,26-29,31-40,46-48,51H,6,8-9,12-22,24H2,1-5,7H3,(H,49,50)/t26-,27-,28+,29-,31+,32+,33+,34-,35-,36-,37-,38+,39+,40-,42-,43+,44-,45-/m1/s1. The molecule has 6 fully saturated rings. The molecule has 58 heavy (non-hydrogen) atoms. The summed E-state index contributed by atoms with van der Waals surface area (Å²) in [6, 6.07) is 0. The van der Waals surface area contributed by atoms with E-state index in [0.29, 0.717) is 62.4 Å². The Kier molecular flexibility index (Phi) is 13.1. The molecule has 5 N–H and O–H groups in total.